The van der Waals surface area contributed by atoms with Gasteiger partial charge in [0.05, 0.1) is 27.7 Å². The predicted molar refractivity (Wildman–Crippen MR) is 389 cm³/mol. The first-order valence-electron chi connectivity index (χ1n) is 35.2. The van der Waals surface area contributed by atoms with Gasteiger partial charge in [0.1, 0.15) is 19.8 Å². The van der Waals surface area contributed by atoms with Crippen molar-refractivity contribution in [2.24, 2.45) is 0 Å². The number of quaternary nitrogens is 1. The van der Waals surface area contributed by atoms with Crippen molar-refractivity contribution in [2.75, 3.05) is 47.5 Å². The normalized spacial score (nSPS) is 14.3. The largest absolute Gasteiger partial charge is 0.472 e. The number of ether oxygens (including phenoxy) is 2. The number of phosphoric acid groups is 1. The number of carbonyl (C=O) groups excluding carboxylic acids is 2. The van der Waals surface area contributed by atoms with E-state index in [1.165, 1.54) is 77.0 Å². The summed E-state index contributed by atoms with van der Waals surface area (Å²) in [5.41, 5.74) is 0. The molecule has 2 unspecified atom stereocenters. The van der Waals surface area contributed by atoms with E-state index in [9.17, 15) is 19.0 Å². The highest BCUT2D eigenvalue weighted by atomic mass is 31.2. The highest BCUT2D eigenvalue weighted by Gasteiger charge is 2.27. The van der Waals surface area contributed by atoms with Gasteiger partial charge in [0.15, 0.2) is 6.10 Å². The minimum Gasteiger partial charge on any atom is -0.462 e. The third-order valence-electron chi connectivity index (χ3n) is 14.1. The topological polar surface area (TPSA) is 108 Å². The summed E-state index contributed by atoms with van der Waals surface area (Å²) in [6, 6.07) is 0. The summed E-state index contributed by atoms with van der Waals surface area (Å²) in [5.74, 6) is -0.879. The van der Waals surface area contributed by atoms with Crippen LogP contribution in [0, 0.1) is 0 Å². The maximum absolute atomic E-state index is 12.8. The molecule has 0 aliphatic carbocycles. The molecule has 0 aromatic rings. The number of esters is 2. The molecule has 90 heavy (non-hydrogen) atoms. The average Bonchev–Trinajstić information content (AvgIpc) is 3.58. The molecule has 0 rings (SSSR count). The maximum atomic E-state index is 12.8. The van der Waals surface area contributed by atoms with E-state index >= 15 is 0 Å². The summed E-state index contributed by atoms with van der Waals surface area (Å²) in [6.45, 7) is 4.12. The first-order valence-corrected chi connectivity index (χ1v) is 36.7. The Morgan fingerprint density at radius 3 is 0.922 bits per heavy atom. The van der Waals surface area contributed by atoms with E-state index in [4.69, 9.17) is 18.5 Å². The van der Waals surface area contributed by atoms with E-state index in [1.807, 2.05) is 21.1 Å². The second-order valence-corrected chi connectivity index (χ2v) is 25.3. The van der Waals surface area contributed by atoms with Crippen LogP contribution in [0.15, 0.2) is 194 Å². The lowest BCUT2D eigenvalue weighted by Crippen LogP contribution is -2.37. The molecule has 9 nitrogen and oxygen atoms in total. The number of rotatable bonds is 62. The Morgan fingerprint density at radius 2 is 0.611 bits per heavy atom. The van der Waals surface area contributed by atoms with E-state index in [0.29, 0.717) is 23.9 Å². The highest BCUT2D eigenvalue weighted by molar-refractivity contribution is 7.47. The smallest absolute Gasteiger partial charge is 0.462 e. The number of carbonyl (C=O) groups is 2. The number of likely N-dealkylation sites (N-methyl/N-ethyl adjacent to an activating group) is 1. The zero-order valence-electron chi connectivity index (χ0n) is 57.5. The summed E-state index contributed by atoms with van der Waals surface area (Å²) >= 11 is 0. The molecule has 0 heterocycles. The van der Waals surface area contributed by atoms with Crippen molar-refractivity contribution in [3.05, 3.63) is 194 Å². The Hall–Kier alpha value is -5.15. The Balaban J connectivity index is 4.17. The monoisotopic (exact) mass is 1260 g/mol. The highest BCUT2D eigenvalue weighted by Crippen LogP contribution is 2.43. The lowest BCUT2D eigenvalue weighted by atomic mass is 10.0. The van der Waals surface area contributed by atoms with Crippen LogP contribution in [-0.4, -0.2) is 74.9 Å². The number of phosphoric ester groups is 1. The molecule has 0 aromatic heterocycles. The lowest BCUT2D eigenvalue weighted by Gasteiger charge is -2.24. The molecule has 0 aliphatic heterocycles. The van der Waals surface area contributed by atoms with Gasteiger partial charge >= 0.3 is 19.8 Å². The fourth-order valence-electron chi connectivity index (χ4n) is 8.82. The average molecular weight is 1260 g/mol. The number of hydrogen-bond acceptors (Lipinski definition) is 7. The third-order valence-corrected chi connectivity index (χ3v) is 15.1. The first-order chi connectivity index (χ1) is 44.0. The zero-order valence-corrected chi connectivity index (χ0v) is 58.4. The van der Waals surface area contributed by atoms with Crippen molar-refractivity contribution in [3.63, 3.8) is 0 Å². The zero-order chi connectivity index (χ0) is 65.5. The number of hydrogen-bond donors (Lipinski definition) is 1. The molecule has 10 heteroatoms. The SMILES string of the molecule is CC/C=C\C/C=C\C/C=C\C/C=C\C/C=C\C/C=C\C/C=C\C/C=C\C/C=C\CCCC(=O)OC(COC(=O)CCCCCCCCCCCCCCCCC/C=C\C/C=C\C/C=C\C/C=C\C/C=C\C/C=C\C/C=C\CC)COP(=O)(O)OCC[N+](C)(C)C. The molecule has 2 atom stereocenters. The van der Waals surface area contributed by atoms with E-state index in [-0.39, 0.29) is 32.0 Å². The van der Waals surface area contributed by atoms with Gasteiger partial charge in [-0.05, 0) is 135 Å². The number of nitrogens with zero attached hydrogens (tertiary/aromatic N) is 1. The summed E-state index contributed by atoms with van der Waals surface area (Å²) in [7, 11) is 1.42. The van der Waals surface area contributed by atoms with Gasteiger partial charge in [-0.15, -0.1) is 0 Å². The van der Waals surface area contributed by atoms with Crippen LogP contribution in [0.4, 0.5) is 0 Å². The molecule has 0 aliphatic rings. The van der Waals surface area contributed by atoms with Gasteiger partial charge in [0, 0.05) is 12.8 Å². The Labute approximate surface area is 552 Å². The molecule has 1 N–H and O–H groups in total. The molecular formula is C80H129NO8P+. The van der Waals surface area contributed by atoms with E-state index in [1.54, 1.807) is 0 Å². The van der Waals surface area contributed by atoms with Crippen LogP contribution < -0.4 is 0 Å². The molecule has 0 radical (unpaired) electrons. The second-order valence-electron chi connectivity index (χ2n) is 23.8. The van der Waals surface area contributed by atoms with Gasteiger partial charge in [-0.3, -0.25) is 18.6 Å². The second kappa shape index (κ2) is 68.2. The Kier molecular flexibility index (Phi) is 64.3. The molecule has 0 fully saturated rings. The van der Waals surface area contributed by atoms with Gasteiger partial charge in [-0.1, -0.05) is 292 Å². The summed E-state index contributed by atoms with van der Waals surface area (Å²) in [4.78, 5) is 35.8. The van der Waals surface area contributed by atoms with E-state index in [0.717, 1.165) is 128 Å². The number of allylic oxidation sites excluding steroid dienone is 32. The van der Waals surface area contributed by atoms with Crippen LogP contribution in [0.25, 0.3) is 0 Å². The molecule has 0 spiro atoms. The van der Waals surface area contributed by atoms with Gasteiger partial charge < -0.3 is 18.9 Å². The Bertz CT molecular complexity index is 2220. The van der Waals surface area contributed by atoms with Crippen LogP contribution in [-0.2, 0) is 32.7 Å². The van der Waals surface area contributed by atoms with Crippen molar-refractivity contribution < 1.29 is 42.1 Å². The third kappa shape index (κ3) is 71.9. The van der Waals surface area contributed by atoms with Crippen molar-refractivity contribution in [1.82, 2.24) is 0 Å². The van der Waals surface area contributed by atoms with Gasteiger partial charge in [0.2, 0.25) is 0 Å². The lowest BCUT2D eigenvalue weighted by molar-refractivity contribution is -0.870. The van der Waals surface area contributed by atoms with Crippen LogP contribution >= 0.6 is 7.82 Å². The van der Waals surface area contributed by atoms with Crippen molar-refractivity contribution in [2.45, 2.75) is 251 Å². The van der Waals surface area contributed by atoms with E-state index in [2.05, 4.69) is 208 Å². The predicted octanol–water partition coefficient (Wildman–Crippen LogP) is 23.3. The quantitative estimate of drug-likeness (QED) is 0.0211. The van der Waals surface area contributed by atoms with Crippen LogP contribution in [0.5, 0.6) is 0 Å². The molecule has 506 valence electrons. The van der Waals surface area contributed by atoms with Gasteiger partial charge in [-0.25, -0.2) is 4.57 Å². The van der Waals surface area contributed by atoms with Crippen molar-refractivity contribution in [1.29, 1.82) is 0 Å². The molecule has 0 bridgehead atoms. The molecule has 0 saturated carbocycles. The van der Waals surface area contributed by atoms with Gasteiger partial charge in [-0.2, -0.15) is 0 Å². The van der Waals surface area contributed by atoms with Gasteiger partial charge in [0.25, 0.3) is 0 Å². The molecule has 0 amide bonds. The van der Waals surface area contributed by atoms with Crippen LogP contribution in [0.3, 0.4) is 0 Å². The minimum absolute atomic E-state index is 0.0107. The Morgan fingerprint density at radius 1 is 0.344 bits per heavy atom. The summed E-state index contributed by atoms with van der Waals surface area (Å²) in [6.07, 6.45) is 107. The molecular weight excluding hydrogens is 1130 g/mol. The minimum atomic E-state index is -4.42. The molecule has 0 aromatic carbocycles. The van der Waals surface area contributed by atoms with Crippen LogP contribution in [0.1, 0.15) is 245 Å². The maximum Gasteiger partial charge on any atom is 0.472 e. The van der Waals surface area contributed by atoms with Crippen molar-refractivity contribution in [3.8, 4) is 0 Å². The fourth-order valence-corrected chi connectivity index (χ4v) is 9.56. The first kappa shape index (κ1) is 84.8. The number of unbranched alkanes of at least 4 members (excludes halogenated alkanes) is 16. The van der Waals surface area contributed by atoms with Crippen LogP contribution in [0.2, 0.25) is 0 Å². The molecule has 0 saturated heterocycles. The summed E-state index contributed by atoms with van der Waals surface area (Å²) in [5, 5.41) is 0. The standard InChI is InChI=1S/C80H128NO8P/c1-6-8-10-12-14-16-18-20-22-24-26-28-30-32-34-36-37-38-39-40-41-42-43-45-46-48-50-52-54-56-58-60-62-64-66-68-70-72-79(82)86-76-78(77-88-90(84,85)87-75-74-81(3,4)5)89-80(83)73-71-69-67-65-63-61-59-57-55-53-51-49-47-44-35-33-31-29-27-25-23-21-19-17-15-13-11-9-7-2/h8-11,14-17,20-23,26-29,32-35,37-38,40-41,47,49,53,55,59,61,65,67,78H,6-7,12-13,18-19,24-25,30-31,36,39,42-46,48,50-52,54,56-58,60,62-64,66,68-77H2,1-5H3/p+1/b10-8-,11-9-,16-14-,17-15-,22-20-,23-21-,28-26-,29-27-,34-32-,35-33-,38-37-,41-40-,49-47-,55-53-,61-59-,67-65-. The fraction of sp³-hybridized carbons (Fsp3) is 0.575. The van der Waals surface area contributed by atoms with Crippen molar-refractivity contribution >= 4 is 19.8 Å². The summed E-state index contributed by atoms with van der Waals surface area (Å²) < 4.78 is 34.6. The van der Waals surface area contributed by atoms with E-state index < -0.39 is 26.5 Å².